The zero-order chi connectivity index (χ0) is 14.9. The third-order valence-corrected chi connectivity index (χ3v) is 4.52. The lowest BCUT2D eigenvalue weighted by Crippen LogP contribution is -2.22. The highest BCUT2D eigenvalue weighted by Crippen LogP contribution is 2.42. The van der Waals surface area contributed by atoms with Crippen LogP contribution in [0.5, 0.6) is 0 Å². The van der Waals surface area contributed by atoms with Gasteiger partial charge in [0.15, 0.2) is 0 Å². The maximum absolute atomic E-state index is 4.27. The molecule has 2 unspecified atom stereocenters. The molecule has 3 rings (SSSR count). The van der Waals surface area contributed by atoms with Crippen LogP contribution < -0.4 is 5.32 Å². The normalized spacial score (nSPS) is 24.1. The molecule has 1 aliphatic carbocycles. The third-order valence-electron chi connectivity index (χ3n) is 4.52. The summed E-state index contributed by atoms with van der Waals surface area (Å²) in [5, 5.41) is 8.01. The van der Waals surface area contributed by atoms with Gasteiger partial charge in [0.1, 0.15) is 0 Å². The van der Waals surface area contributed by atoms with Gasteiger partial charge in [-0.05, 0) is 47.9 Å². The van der Waals surface area contributed by atoms with Gasteiger partial charge in [0.05, 0.1) is 6.54 Å². The summed E-state index contributed by atoms with van der Waals surface area (Å²) in [5.41, 5.74) is 2.98. The van der Waals surface area contributed by atoms with Crippen LogP contribution in [0.3, 0.4) is 0 Å². The van der Waals surface area contributed by atoms with Crippen molar-refractivity contribution in [1.82, 2.24) is 9.78 Å². The Hall–Kier alpha value is -1.77. The Morgan fingerprint density at radius 3 is 2.81 bits per heavy atom. The van der Waals surface area contributed by atoms with Crippen molar-refractivity contribution < 1.29 is 0 Å². The molecule has 1 aromatic carbocycles. The second-order valence-electron chi connectivity index (χ2n) is 7.20. The van der Waals surface area contributed by atoms with E-state index in [-0.39, 0.29) is 0 Å². The highest BCUT2D eigenvalue weighted by molar-refractivity contribution is 5.47. The topological polar surface area (TPSA) is 29.9 Å². The van der Waals surface area contributed by atoms with Crippen molar-refractivity contribution in [2.75, 3.05) is 5.32 Å². The monoisotopic (exact) mass is 283 g/mol. The standard InChI is InChI=1S/C18H25N3/c1-14-11-18(2,3)12-17(14)20-16-7-4-6-15(10-16)13-21-9-5-8-19-21/h4-10,14,17,20H,11-13H2,1-3H3. The summed E-state index contributed by atoms with van der Waals surface area (Å²) < 4.78 is 1.96. The molecule has 0 amide bonds. The Balaban J connectivity index is 1.69. The van der Waals surface area contributed by atoms with Crippen LogP contribution in [0.15, 0.2) is 42.7 Å². The number of nitrogens with zero attached hydrogens (tertiary/aromatic N) is 2. The van der Waals surface area contributed by atoms with Gasteiger partial charge in [-0.15, -0.1) is 0 Å². The minimum atomic E-state index is 0.462. The summed E-state index contributed by atoms with van der Waals surface area (Å²) in [6, 6.07) is 11.3. The van der Waals surface area contributed by atoms with Gasteiger partial charge in [-0.1, -0.05) is 32.9 Å². The van der Waals surface area contributed by atoms with Crippen molar-refractivity contribution in [1.29, 1.82) is 0 Å². The maximum atomic E-state index is 4.27. The van der Waals surface area contributed by atoms with Gasteiger partial charge in [0, 0.05) is 24.1 Å². The van der Waals surface area contributed by atoms with Gasteiger partial charge >= 0.3 is 0 Å². The quantitative estimate of drug-likeness (QED) is 0.912. The number of hydrogen-bond acceptors (Lipinski definition) is 2. The average molecular weight is 283 g/mol. The van der Waals surface area contributed by atoms with E-state index in [1.807, 2.05) is 23.1 Å². The van der Waals surface area contributed by atoms with Crippen molar-refractivity contribution in [3.05, 3.63) is 48.3 Å². The first-order chi connectivity index (χ1) is 10.0. The van der Waals surface area contributed by atoms with Crippen LogP contribution in [0.1, 0.15) is 39.2 Å². The van der Waals surface area contributed by atoms with Crippen LogP contribution in [0.2, 0.25) is 0 Å². The molecule has 1 aliphatic rings. The highest BCUT2D eigenvalue weighted by Gasteiger charge is 2.36. The molecule has 0 aliphatic heterocycles. The Morgan fingerprint density at radius 1 is 1.29 bits per heavy atom. The van der Waals surface area contributed by atoms with Crippen LogP contribution in [-0.2, 0) is 6.54 Å². The van der Waals surface area contributed by atoms with E-state index in [1.165, 1.54) is 24.1 Å². The van der Waals surface area contributed by atoms with Crippen LogP contribution in [0.25, 0.3) is 0 Å². The molecule has 1 fully saturated rings. The third kappa shape index (κ3) is 3.46. The maximum Gasteiger partial charge on any atom is 0.0660 e. The first-order valence-electron chi connectivity index (χ1n) is 7.85. The van der Waals surface area contributed by atoms with Crippen LogP contribution in [0, 0.1) is 11.3 Å². The second-order valence-corrected chi connectivity index (χ2v) is 7.20. The van der Waals surface area contributed by atoms with Crippen LogP contribution >= 0.6 is 0 Å². The lowest BCUT2D eigenvalue weighted by Gasteiger charge is -2.20. The highest BCUT2D eigenvalue weighted by atomic mass is 15.3. The molecule has 2 atom stereocenters. The SMILES string of the molecule is CC1CC(C)(C)CC1Nc1cccc(Cn2cccn2)c1. The van der Waals surface area contributed by atoms with Gasteiger partial charge < -0.3 is 5.32 Å². The minimum absolute atomic E-state index is 0.462. The van der Waals surface area contributed by atoms with Crippen molar-refractivity contribution in [2.45, 2.75) is 46.2 Å². The van der Waals surface area contributed by atoms with Crippen molar-refractivity contribution in [3.8, 4) is 0 Å². The number of rotatable bonds is 4. The average Bonchev–Trinajstić information content (AvgIpc) is 2.98. The van der Waals surface area contributed by atoms with E-state index < -0.39 is 0 Å². The molecule has 3 nitrogen and oxygen atoms in total. The molecule has 3 heteroatoms. The van der Waals surface area contributed by atoms with E-state index in [9.17, 15) is 0 Å². The van der Waals surface area contributed by atoms with Gasteiger partial charge in [-0.25, -0.2) is 0 Å². The summed E-state index contributed by atoms with van der Waals surface area (Å²) >= 11 is 0. The van der Waals surface area contributed by atoms with E-state index in [2.05, 4.69) is 55.5 Å². The first kappa shape index (κ1) is 14.2. The van der Waals surface area contributed by atoms with Crippen molar-refractivity contribution in [3.63, 3.8) is 0 Å². The molecular formula is C18H25N3. The lowest BCUT2D eigenvalue weighted by molar-refractivity contribution is 0.366. The van der Waals surface area contributed by atoms with Crippen LogP contribution in [-0.4, -0.2) is 15.8 Å². The Labute approximate surface area is 127 Å². The van der Waals surface area contributed by atoms with Gasteiger partial charge in [0.2, 0.25) is 0 Å². The molecule has 1 heterocycles. The fourth-order valence-electron chi connectivity index (χ4n) is 3.64. The molecule has 0 bridgehead atoms. The van der Waals surface area contributed by atoms with Crippen molar-refractivity contribution in [2.24, 2.45) is 11.3 Å². The molecule has 2 aromatic rings. The largest absolute Gasteiger partial charge is 0.382 e. The van der Waals surface area contributed by atoms with E-state index in [0.717, 1.165) is 12.5 Å². The number of hydrogen-bond donors (Lipinski definition) is 1. The van der Waals surface area contributed by atoms with Crippen LogP contribution in [0.4, 0.5) is 5.69 Å². The van der Waals surface area contributed by atoms with E-state index >= 15 is 0 Å². The minimum Gasteiger partial charge on any atom is -0.382 e. The summed E-state index contributed by atoms with van der Waals surface area (Å²) in [6.45, 7) is 7.94. The summed E-state index contributed by atoms with van der Waals surface area (Å²) in [6.07, 6.45) is 6.38. The number of aromatic nitrogens is 2. The molecule has 0 saturated heterocycles. The Morgan fingerprint density at radius 2 is 2.14 bits per heavy atom. The number of anilines is 1. The number of benzene rings is 1. The first-order valence-corrected chi connectivity index (χ1v) is 7.85. The zero-order valence-electron chi connectivity index (χ0n) is 13.2. The lowest BCUT2D eigenvalue weighted by atomic mass is 9.91. The van der Waals surface area contributed by atoms with Gasteiger partial charge in [-0.3, -0.25) is 4.68 Å². The predicted molar refractivity (Wildman–Crippen MR) is 87.4 cm³/mol. The van der Waals surface area contributed by atoms with E-state index in [4.69, 9.17) is 0 Å². The van der Waals surface area contributed by atoms with E-state index in [1.54, 1.807) is 0 Å². The van der Waals surface area contributed by atoms with Crippen molar-refractivity contribution >= 4 is 5.69 Å². The molecule has 0 spiro atoms. The van der Waals surface area contributed by atoms with Gasteiger partial charge in [0.25, 0.3) is 0 Å². The fourth-order valence-corrected chi connectivity index (χ4v) is 3.64. The Bertz CT molecular complexity index is 586. The number of nitrogens with one attached hydrogen (secondary N) is 1. The smallest absolute Gasteiger partial charge is 0.0660 e. The summed E-state index contributed by atoms with van der Waals surface area (Å²) in [7, 11) is 0. The van der Waals surface area contributed by atoms with Gasteiger partial charge in [-0.2, -0.15) is 5.10 Å². The fraction of sp³-hybridized carbons (Fsp3) is 0.500. The Kier molecular flexibility index (Phi) is 3.75. The molecule has 1 aromatic heterocycles. The molecule has 112 valence electrons. The van der Waals surface area contributed by atoms with E-state index in [0.29, 0.717) is 11.5 Å². The predicted octanol–water partition coefficient (Wildman–Crippen LogP) is 4.17. The molecule has 1 saturated carbocycles. The second kappa shape index (κ2) is 5.55. The molecule has 1 N–H and O–H groups in total. The summed E-state index contributed by atoms with van der Waals surface area (Å²) in [4.78, 5) is 0. The summed E-state index contributed by atoms with van der Waals surface area (Å²) in [5.74, 6) is 0.731. The zero-order valence-corrected chi connectivity index (χ0v) is 13.2. The molecule has 0 radical (unpaired) electrons. The molecular weight excluding hydrogens is 258 g/mol. The molecule has 21 heavy (non-hydrogen) atoms.